The van der Waals surface area contributed by atoms with E-state index in [1.807, 2.05) is 0 Å². The van der Waals surface area contributed by atoms with Gasteiger partial charge in [0, 0.05) is 38.3 Å². The number of fused-ring (bicyclic) bond motifs is 14. The number of para-hydroxylation sites is 2. The Morgan fingerprint density at radius 1 is 0.345 bits per heavy atom. The first-order chi connectivity index (χ1) is 27.3. The molecule has 0 atom stereocenters. The predicted octanol–water partition coefficient (Wildman–Crippen LogP) is 14.2. The first kappa shape index (κ1) is 29.1. The maximum atomic E-state index is 6.81. The lowest BCUT2D eigenvalue weighted by molar-refractivity contribution is 0.673. The van der Waals surface area contributed by atoms with Gasteiger partial charge >= 0.3 is 0 Å². The lowest BCUT2D eigenvalue weighted by Gasteiger charge is -2.14. The Hall–Kier alpha value is -7.36. The minimum Gasteiger partial charge on any atom is -0.455 e. The van der Waals surface area contributed by atoms with Crippen molar-refractivity contribution in [3.63, 3.8) is 0 Å². The topological polar surface area (TPSA) is 23.0 Å². The molecule has 3 heterocycles. The SMILES string of the molecule is c1ccc(-c2ccc(-n3c4ccccc4c4ccc5c6c7oc8ccccc8c7ccc6n(-c6cc7c8c(cccc8c6)-c6ccccc6-7)c5c43)cc2)cc1. The van der Waals surface area contributed by atoms with Crippen molar-refractivity contribution in [1.29, 1.82) is 0 Å². The van der Waals surface area contributed by atoms with E-state index in [1.54, 1.807) is 0 Å². The molecule has 0 fully saturated rings. The van der Waals surface area contributed by atoms with Crippen LogP contribution in [-0.2, 0) is 0 Å². The summed E-state index contributed by atoms with van der Waals surface area (Å²) in [6, 6.07) is 66.5. The highest BCUT2D eigenvalue weighted by molar-refractivity contribution is 6.29. The van der Waals surface area contributed by atoms with Crippen molar-refractivity contribution in [2.75, 3.05) is 0 Å². The quantitative estimate of drug-likeness (QED) is 0.180. The van der Waals surface area contributed by atoms with Crippen LogP contribution in [0.4, 0.5) is 0 Å². The fourth-order valence-electron chi connectivity index (χ4n) is 9.71. The summed E-state index contributed by atoms with van der Waals surface area (Å²) in [5.74, 6) is 0. The van der Waals surface area contributed by atoms with Crippen LogP contribution in [0.5, 0.6) is 0 Å². The fraction of sp³-hybridized carbons (Fsp3) is 0. The normalized spacial score (nSPS) is 12.4. The first-order valence-corrected chi connectivity index (χ1v) is 18.9. The third-order valence-electron chi connectivity index (χ3n) is 12.0. The summed E-state index contributed by atoms with van der Waals surface area (Å²) in [7, 11) is 0. The molecule has 9 aromatic carbocycles. The summed E-state index contributed by atoms with van der Waals surface area (Å²) >= 11 is 0. The number of hydrogen-bond donors (Lipinski definition) is 0. The van der Waals surface area contributed by atoms with Gasteiger partial charge in [-0.1, -0.05) is 133 Å². The molecule has 1 aliphatic rings. The summed E-state index contributed by atoms with van der Waals surface area (Å²) in [5.41, 5.74) is 16.3. The van der Waals surface area contributed by atoms with Gasteiger partial charge in [0.15, 0.2) is 0 Å². The first-order valence-electron chi connectivity index (χ1n) is 18.9. The van der Waals surface area contributed by atoms with E-state index in [2.05, 4.69) is 191 Å². The van der Waals surface area contributed by atoms with E-state index in [0.717, 1.165) is 49.7 Å². The number of aromatic nitrogens is 2. The van der Waals surface area contributed by atoms with E-state index in [4.69, 9.17) is 4.42 Å². The molecule has 0 aliphatic heterocycles. The van der Waals surface area contributed by atoms with Gasteiger partial charge < -0.3 is 13.6 Å². The molecule has 0 amide bonds. The molecule has 254 valence electrons. The molecule has 0 spiro atoms. The molecular weight excluding hydrogens is 669 g/mol. The van der Waals surface area contributed by atoms with Crippen molar-refractivity contribution in [3.05, 3.63) is 182 Å². The molecule has 3 nitrogen and oxygen atoms in total. The molecule has 0 bridgehead atoms. The van der Waals surface area contributed by atoms with E-state index in [9.17, 15) is 0 Å². The average molecular weight is 699 g/mol. The molecule has 0 unspecified atom stereocenters. The molecule has 13 rings (SSSR count). The highest BCUT2D eigenvalue weighted by Crippen LogP contribution is 2.50. The van der Waals surface area contributed by atoms with Gasteiger partial charge in [0.1, 0.15) is 11.2 Å². The van der Waals surface area contributed by atoms with Crippen molar-refractivity contribution < 1.29 is 4.42 Å². The Balaban J connectivity index is 1.21. The van der Waals surface area contributed by atoms with Crippen LogP contribution >= 0.6 is 0 Å². The van der Waals surface area contributed by atoms with Gasteiger partial charge in [-0.25, -0.2) is 0 Å². The number of hydrogen-bond acceptors (Lipinski definition) is 1. The molecule has 12 aromatic rings. The lowest BCUT2D eigenvalue weighted by atomic mass is 10.0. The standard InChI is InChI=1S/C52H30N2O/c1-2-11-31(12-3-1)32-21-23-34(24-22-32)53-45-19-8-6-16-38(45)41-25-26-43-49-46(28-27-42-39-17-7-9-20-47(39)55-52(42)49)54(51(43)50(41)53)35-29-33-13-10-18-40-36-14-4-5-15-37(36)44(30-35)48(33)40/h1-30H. The van der Waals surface area contributed by atoms with Crippen molar-refractivity contribution >= 4 is 76.3 Å². The minimum atomic E-state index is 0.905. The minimum absolute atomic E-state index is 0.905. The Kier molecular flexibility index (Phi) is 5.63. The van der Waals surface area contributed by atoms with Crippen LogP contribution in [0.1, 0.15) is 0 Å². The van der Waals surface area contributed by atoms with Crippen LogP contribution in [0.15, 0.2) is 186 Å². The summed E-state index contributed by atoms with van der Waals surface area (Å²) in [4.78, 5) is 0. The van der Waals surface area contributed by atoms with Gasteiger partial charge in [0.2, 0.25) is 0 Å². The Bertz CT molecular complexity index is 3580. The summed E-state index contributed by atoms with van der Waals surface area (Å²) in [5, 5.41) is 9.59. The second kappa shape index (κ2) is 10.6. The van der Waals surface area contributed by atoms with E-state index in [1.165, 1.54) is 71.3 Å². The maximum Gasteiger partial charge on any atom is 0.145 e. The van der Waals surface area contributed by atoms with E-state index in [0.29, 0.717) is 0 Å². The summed E-state index contributed by atoms with van der Waals surface area (Å²) in [6.45, 7) is 0. The number of nitrogens with zero attached hydrogens (tertiary/aromatic N) is 2. The zero-order chi connectivity index (χ0) is 35.8. The van der Waals surface area contributed by atoms with E-state index < -0.39 is 0 Å². The van der Waals surface area contributed by atoms with Gasteiger partial charge in [-0.2, -0.15) is 0 Å². The molecule has 0 N–H and O–H groups in total. The molecular formula is C52H30N2O. The summed E-state index contributed by atoms with van der Waals surface area (Å²) in [6.07, 6.45) is 0. The van der Waals surface area contributed by atoms with Gasteiger partial charge in [0.05, 0.1) is 27.5 Å². The number of furan rings is 1. The largest absolute Gasteiger partial charge is 0.455 e. The highest BCUT2D eigenvalue weighted by Gasteiger charge is 2.26. The Morgan fingerprint density at radius 3 is 1.87 bits per heavy atom. The van der Waals surface area contributed by atoms with Crippen LogP contribution < -0.4 is 0 Å². The molecule has 3 heteroatoms. The van der Waals surface area contributed by atoms with Crippen molar-refractivity contribution in [1.82, 2.24) is 9.13 Å². The number of benzene rings is 9. The molecule has 1 aliphatic carbocycles. The van der Waals surface area contributed by atoms with E-state index in [-0.39, 0.29) is 0 Å². The van der Waals surface area contributed by atoms with Gasteiger partial charge in [-0.05, 0) is 92.7 Å². The van der Waals surface area contributed by atoms with Gasteiger partial charge in [-0.3, -0.25) is 0 Å². The lowest BCUT2D eigenvalue weighted by Crippen LogP contribution is -1.99. The molecule has 0 saturated heterocycles. The van der Waals surface area contributed by atoms with Crippen molar-refractivity contribution in [2.24, 2.45) is 0 Å². The van der Waals surface area contributed by atoms with E-state index >= 15 is 0 Å². The fourth-order valence-corrected chi connectivity index (χ4v) is 9.71. The molecule has 0 saturated carbocycles. The zero-order valence-electron chi connectivity index (χ0n) is 29.6. The molecule has 3 aromatic heterocycles. The summed E-state index contributed by atoms with van der Waals surface area (Å²) < 4.78 is 11.8. The Labute approximate surface area is 315 Å². The third kappa shape index (κ3) is 3.84. The number of rotatable bonds is 3. The zero-order valence-corrected chi connectivity index (χ0v) is 29.6. The van der Waals surface area contributed by atoms with Crippen LogP contribution in [0, 0.1) is 0 Å². The van der Waals surface area contributed by atoms with Crippen molar-refractivity contribution in [2.45, 2.75) is 0 Å². The van der Waals surface area contributed by atoms with Gasteiger partial charge in [-0.15, -0.1) is 0 Å². The van der Waals surface area contributed by atoms with Crippen LogP contribution in [0.2, 0.25) is 0 Å². The van der Waals surface area contributed by atoms with Crippen LogP contribution in [0.25, 0.3) is 121 Å². The predicted molar refractivity (Wildman–Crippen MR) is 230 cm³/mol. The van der Waals surface area contributed by atoms with Crippen LogP contribution in [-0.4, -0.2) is 9.13 Å². The third-order valence-corrected chi connectivity index (χ3v) is 12.0. The molecule has 0 radical (unpaired) electrons. The van der Waals surface area contributed by atoms with Crippen molar-refractivity contribution in [3.8, 4) is 44.8 Å². The Morgan fingerprint density at radius 2 is 1.00 bits per heavy atom. The monoisotopic (exact) mass is 698 g/mol. The second-order valence-corrected chi connectivity index (χ2v) is 14.8. The van der Waals surface area contributed by atoms with Gasteiger partial charge in [0.25, 0.3) is 0 Å². The average Bonchev–Trinajstić information content (AvgIpc) is 3.98. The maximum absolute atomic E-state index is 6.81. The van der Waals surface area contributed by atoms with Crippen LogP contribution in [0.3, 0.4) is 0 Å². The highest BCUT2D eigenvalue weighted by atomic mass is 16.3. The molecule has 55 heavy (non-hydrogen) atoms. The second-order valence-electron chi connectivity index (χ2n) is 14.8. The smallest absolute Gasteiger partial charge is 0.145 e.